The van der Waals surface area contributed by atoms with Gasteiger partial charge in [-0.2, -0.15) is 0 Å². The average molecular weight is 490 g/mol. The number of piperazine rings is 1. The summed E-state index contributed by atoms with van der Waals surface area (Å²) in [5.74, 6) is 0.773. The van der Waals surface area contributed by atoms with Crippen LogP contribution in [0.25, 0.3) is 0 Å². The lowest BCUT2D eigenvalue weighted by Crippen LogP contribution is -2.48. The molecule has 0 N–H and O–H groups in total. The van der Waals surface area contributed by atoms with Crippen LogP contribution in [-0.4, -0.2) is 41.9 Å². The number of rotatable bonds is 6. The summed E-state index contributed by atoms with van der Waals surface area (Å²) in [4.78, 5) is 17.2. The van der Waals surface area contributed by atoms with E-state index in [-0.39, 0.29) is 5.91 Å². The van der Waals surface area contributed by atoms with Gasteiger partial charge in [0.1, 0.15) is 12.4 Å². The predicted octanol–water partition coefficient (Wildman–Crippen LogP) is 6.18. The summed E-state index contributed by atoms with van der Waals surface area (Å²) in [6.07, 6.45) is 0. The van der Waals surface area contributed by atoms with Crippen LogP contribution in [0.3, 0.4) is 0 Å². The van der Waals surface area contributed by atoms with E-state index in [1.54, 1.807) is 12.1 Å². The Bertz CT molecular complexity index is 1060. The summed E-state index contributed by atoms with van der Waals surface area (Å²) in [7, 11) is 0. The standard InChI is InChI=1S/C25H23Cl3N2O2/c26-20-7-9-21(10-8-20)32-17-18-3-1-4-19(15-18)25(31)30-13-11-29(12-14-30)16-22-23(27)5-2-6-24(22)28/h1-10,15H,11-14,16-17H2. The molecule has 0 saturated carbocycles. The normalized spacial score (nSPS) is 14.4. The number of nitrogens with zero attached hydrogens (tertiary/aromatic N) is 2. The van der Waals surface area contributed by atoms with Gasteiger partial charge in [0.25, 0.3) is 5.91 Å². The third kappa shape index (κ3) is 5.76. The van der Waals surface area contributed by atoms with Gasteiger partial charge in [-0.25, -0.2) is 0 Å². The SMILES string of the molecule is O=C(c1cccc(COc2ccc(Cl)cc2)c1)N1CCN(Cc2c(Cl)cccc2Cl)CC1. The highest BCUT2D eigenvalue weighted by atomic mass is 35.5. The second-order valence-corrected chi connectivity index (χ2v) is 8.96. The van der Waals surface area contributed by atoms with Gasteiger partial charge in [0.15, 0.2) is 0 Å². The first-order valence-electron chi connectivity index (χ1n) is 10.4. The van der Waals surface area contributed by atoms with Crippen molar-refractivity contribution in [2.75, 3.05) is 26.2 Å². The largest absolute Gasteiger partial charge is 0.489 e. The van der Waals surface area contributed by atoms with Crippen LogP contribution in [-0.2, 0) is 13.2 Å². The number of ether oxygens (including phenoxy) is 1. The van der Waals surface area contributed by atoms with Crippen LogP contribution in [0.15, 0.2) is 66.7 Å². The van der Waals surface area contributed by atoms with E-state index in [9.17, 15) is 4.79 Å². The minimum atomic E-state index is 0.0359. The Balaban J connectivity index is 1.33. The van der Waals surface area contributed by atoms with E-state index < -0.39 is 0 Å². The Kier molecular flexibility index (Phi) is 7.59. The van der Waals surface area contributed by atoms with E-state index in [0.717, 1.165) is 30.0 Å². The maximum atomic E-state index is 13.0. The van der Waals surface area contributed by atoms with Crippen LogP contribution in [0.2, 0.25) is 15.1 Å². The molecule has 0 aromatic heterocycles. The van der Waals surface area contributed by atoms with Crippen molar-refractivity contribution in [3.63, 3.8) is 0 Å². The number of hydrogen-bond donors (Lipinski definition) is 0. The number of carbonyl (C=O) groups excluding carboxylic acids is 1. The molecule has 3 aromatic carbocycles. The molecule has 0 bridgehead atoms. The average Bonchev–Trinajstić information content (AvgIpc) is 2.81. The Morgan fingerprint density at radius 1 is 0.844 bits per heavy atom. The molecule has 1 saturated heterocycles. The molecule has 1 aliphatic heterocycles. The van der Waals surface area contributed by atoms with Gasteiger partial charge in [0.2, 0.25) is 0 Å². The summed E-state index contributed by atoms with van der Waals surface area (Å²) in [5.41, 5.74) is 2.55. The number of carbonyl (C=O) groups is 1. The molecule has 32 heavy (non-hydrogen) atoms. The van der Waals surface area contributed by atoms with Gasteiger partial charge in [-0.05, 0) is 54.1 Å². The zero-order valence-corrected chi connectivity index (χ0v) is 19.7. The van der Waals surface area contributed by atoms with Crippen molar-refractivity contribution in [2.45, 2.75) is 13.2 Å². The van der Waals surface area contributed by atoms with Gasteiger partial charge in [-0.3, -0.25) is 9.69 Å². The Morgan fingerprint density at radius 3 is 2.19 bits per heavy atom. The monoisotopic (exact) mass is 488 g/mol. The van der Waals surface area contributed by atoms with Gasteiger partial charge < -0.3 is 9.64 Å². The first-order valence-corrected chi connectivity index (χ1v) is 11.5. The molecule has 0 atom stereocenters. The minimum absolute atomic E-state index is 0.0359. The molecule has 1 aliphatic rings. The van der Waals surface area contributed by atoms with E-state index in [1.807, 2.05) is 59.5 Å². The van der Waals surface area contributed by atoms with E-state index in [0.29, 0.717) is 46.9 Å². The molecule has 1 heterocycles. The first-order chi connectivity index (χ1) is 15.5. The van der Waals surface area contributed by atoms with Gasteiger partial charge in [0, 0.05) is 58.9 Å². The highest BCUT2D eigenvalue weighted by molar-refractivity contribution is 6.36. The van der Waals surface area contributed by atoms with Crippen molar-refractivity contribution in [3.8, 4) is 5.75 Å². The van der Waals surface area contributed by atoms with Crippen molar-refractivity contribution < 1.29 is 9.53 Å². The summed E-state index contributed by atoms with van der Waals surface area (Å²) in [6.45, 7) is 3.92. The molecule has 3 aromatic rings. The van der Waals surface area contributed by atoms with Crippen LogP contribution >= 0.6 is 34.8 Å². The topological polar surface area (TPSA) is 32.8 Å². The van der Waals surface area contributed by atoms with Crippen molar-refractivity contribution >= 4 is 40.7 Å². The van der Waals surface area contributed by atoms with Crippen LogP contribution in [0, 0.1) is 0 Å². The Morgan fingerprint density at radius 2 is 1.50 bits per heavy atom. The maximum Gasteiger partial charge on any atom is 0.253 e. The third-order valence-electron chi connectivity index (χ3n) is 5.50. The highest BCUT2D eigenvalue weighted by Gasteiger charge is 2.23. The molecule has 7 heteroatoms. The van der Waals surface area contributed by atoms with E-state index in [4.69, 9.17) is 39.5 Å². The van der Waals surface area contributed by atoms with E-state index in [1.165, 1.54) is 0 Å². The fourth-order valence-corrected chi connectivity index (χ4v) is 4.33. The molecule has 4 nitrogen and oxygen atoms in total. The van der Waals surface area contributed by atoms with Gasteiger partial charge in [0.05, 0.1) is 0 Å². The molecular weight excluding hydrogens is 467 g/mol. The summed E-state index contributed by atoms with van der Waals surface area (Å²) in [5, 5.41) is 2.02. The zero-order valence-electron chi connectivity index (χ0n) is 17.4. The third-order valence-corrected chi connectivity index (χ3v) is 6.46. The van der Waals surface area contributed by atoms with Gasteiger partial charge in [-0.15, -0.1) is 0 Å². The summed E-state index contributed by atoms with van der Waals surface area (Å²) in [6, 6.07) is 20.4. The number of hydrogen-bond acceptors (Lipinski definition) is 3. The fourth-order valence-electron chi connectivity index (χ4n) is 3.69. The molecule has 1 amide bonds. The van der Waals surface area contributed by atoms with Crippen molar-refractivity contribution in [2.24, 2.45) is 0 Å². The Labute approximate surface area is 203 Å². The molecule has 4 rings (SSSR count). The second kappa shape index (κ2) is 10.6. The lowest BCUT2D eigenvalue weighted by Gasteiger charge is -2.35. The Hall–Kier alpha value is -2.24. The van der Waals surface area contributed by atoms with Gasteiger partial charge in [-0.1, -0.05) is 53.0 Å². The molecule has 166 valence electrons. The second-order valence-electron chi connectivity index (χ2n) is 7.71. The number of halogens is 3. The quantitative estimate of drug-likeness (QED) is 0.414. The molecule has 0 spiro atoms. The van der Waals surface area contributed by atoms with Crippen molar-refractivity contribution in [1.82, 2.24) is 9.80 Å². The van der Waals surface area contributed by atoms with Gasteiger partial charge >= 0.3 is 0 Å². The highest BCUT2D eigenvalue weighted by Crippen LogP contribution is 2.26. The predicted molar refractivity (Wildman–Crippen MR) is 130 cm³/mol. The van der Waals surface area contributed by atoms with Crippen LogP contribution in [0.1, 0.15) is 21.5 Å². The molecule has 0 unspecified atom stereocenters. The maximum absolute atomic E-state index is 13.0. The molecule has 0 aliphatic carbocycles. The number of amides is 1. The molecule has 0 radical (unpaired) electrons. The smallest absolute Gasteiger partial charge is 0.253 e. The minimum Gasteiger partial charge on any atom is -0.489 e. The summed E-state index contributed by atoms with van der Waals surface area (Å²) >= 11 is 18.5. The summed E-state index contributed by atoms with van der Waals surface area (Å²) < 4.78 is 5.81. The number of benzene rings is 3. The van der Waals surface area contributed by atoms with Crippen molar-refractivity contribution in [1.29, 1.82) is 0 Å². The lowest BCUT2D eigenvalue weighted by molar-refractivity contribution is 0.0628. The molecule has 1 fully saturated rings. The fraction of sp³-hybridized carbons (Fsp3) is 0.240. The van der Waals surface area contributed by atoms with E-state index >= 15 is 0 Å². The van der Waals surface area contributed by atoms with Crippen molar-refractivity contribution in [3.05, 3.63) is 98.5 Å². The van der Waals surface area contributed by atoms with Crippen LogP contribution in [0.4, 0.5) is 0 Å². The lowest BCUT2D eigenvalue weighted by atomic mass is 10.1. The first kappa shape index (κ1) is 22.9. The molecular formula is C25H23Cl3N2O2. The van der Waals surface area contributed by atoms with Crippen LogP contribution in [0.5, 0.6) is 5.75 Å². The van der Waals surface area contributed by atoms with E-state index in [2.05, 4.69) is 4.90 Å². The zero-order chi connectivity index (χ0) is 22.5. The van der Waals surface area contributed by atoms with Crippen LogP contribution < -0.4 is 4.74 Å².